The number of carbonyl (C=O) groups excluding carboxylic acids is 1. The van der Waals surface area contributed by atoms with Crippen LogP contribution in [0.5, 0.6) is 0 Å². The number of hydrogen-bond donors (Lipinski definition) is 1. The molecule has 1 saturated heterocycles. The second kappa shape index (κ2) is 8.58. The van der Waals surface area contributed by atoms with Crippen LogP contribution in [0, 0.1) is 10.1 Å². The molecule has 0 aliphatic carbocycles. The van der Waals surface area contributed by atoms with Crippen LogP contribution in [0.1, 0.15) is 53.7 Å². The fourth-order valence-corrected chi connectivity index (χ4v) is 4.38. The van der Waals surface area contributed by atoms with Crippen LogP contribution in [0.2, 0.25) is 0 Å². The van der Waals surface area contributed by atoms with E-state index in [1.807, 2.05) is 0 Å². The lowest BCUT2D eigenvalue weighted by atomic mass is 9.97. The first-order valence-electron chi connectivity index (χ1n) is 9.43. The molecule has 0 bridgehead atoms. The Morgan fingerprint density at radius 2 is 2.13 bits per heavy atom. The van der Waals surface area contributed by atoms with E-state index in [1.165, 1.54) is 18.2 Å². The van der Waals surface area contributed by atoms with Gasteiger partial charge in [-0.2, -0.15) is 13.2 Å². The van der Waals surface area contributed by atoms with Crippen LogP contribution in [0.4, 0.5) is 24.5 Å². The van der Waals surface area contributed by atoms with Crippen molar-refractivity contribution in [2.75, 3.05) is 18.0 Å². The van der Waals surface area contributed by atoms with Gasteiger partial charge in [0.15, 0.2) is 5.69 Å². The zero-order valence-corrected chi connectivity index (χ0v) is 17.2. The number of aromatic nitrogens is 1. The van der Waals surface area contributed by atoms with Crippen molar-refractivity contribution in [3.63, 3.8) is 0 Å². The first-order valence-corrected chi connectivity index (χ1v) is 10.3. The number of nitro groups is 1. The molecular weight excluding hydrogens is 421 g/mol. The van der Waals surface area contributed by atoms with Crippen molar-refractivity contribution in [2.45, 2.75) is 44.8 Å². The highest BCUT2D eigenvalue weighted by atomic mass is 32.1. The van der Waals surface area contributed by atoms with Crippen LogP contribution in [0.25, 0.3) is 0 Å². The normalized spacial score (nSPS) is 17.3. The molecule has 1 aliphatic rings. The van der Waals surface area contributed by atoms with Gasteiger partial charge in [0.05, 0.1) is 9.93 Å². The predicted molar refractivity (Wildman–Crippen MR) is 107 cm³/mol. The molecule has 1 atom stereocenters. The molecule has 1 aliphatic heterocycles. The number of nitrogens with one attached hydrogen (secondary N) is 1. The van der Waals surface area contributed by atoms with Gasteiger partial charge in [0, 0.05) is 42.1 Å². The van der Waals surface area contributed by atoms with Crippen molar-refractivity contribution in [1.29, 1.82) is 0 Å². The molecule has 1 unspecified atom stereocenters. The molecule has 3 rings (SSSR count). The van der Waals surface area contributed by atoms with Gasteiger partial charge >= 0.3 is 6.18 Å². The third-order valence-electron chi connectivity index (χ3n) is 4.78. The molecule has 7 nitrogen and oxygen atoms in total. The molecule has 1 aromatic carbocycles. The van der Waals surface area contributed by atoms with Crippen molar-refractivity contribution in [3.8, 4) is 0 Å². The van der Waals surface area contributed by atoms with E-state index >= 15 is 0 Å². The summed E-state index contributed by atoms with van der Waals surface area (Å²) < 4.78 is 38.6. The Morgan fingerprint density at radius 3 is 2.73 bits per heavy atom. The lowest BCUT2D eigenvalue weighted by Gasteiger charge is -2.33. The summed E-state index contributed by atoms with van der Waals surface area (Å²) in [7, 11) is 0. The van der Waals surface area contributed by atoms with Gasteiger partial charge in [-0.3, -0.25) is 14.9 Å². The maximum atomic E-state index is 12.9. The lowest BCUT2D eigenvalue weighted by molar-refractivity contribution is -0.384. The summed E-state index contributed by atoms with van der Waals surface area (Å²) in [6.07, 6.45) is -3.17. The summed E-state index contributed by atoms with van der Waals surface area (Å²) in [5, 5.41) is 15.7. The Balaban J connectivity index is 1.85. The van der Waals surface area contributed by atoms with Crippen LogP contribution in [-0.4, -0.2) is 34.9 Å². The molecule has 11 heteroatoms. The molecular formula is C19H21F3N4O3S. The summed E-state index contributed by atoms with van der Waals surface area (Å²) in [6, 6.07) is 4.18. The molecule has 0 spiro atoms. The van der Waals surface area contributed by atoms with Crippen molar-refractivity contribution in [1.82, 2.24) is 10.3 Å². The van der Waals surface area contributed by atoms with E-state index < -0.39 is 22.7 Å². The van der Waals surface area contributed by atoms with Gasteiger partial charge in [-0.15, -0.1) is 11.3 Å². The maximum absolute atomic E-state index is 12.9. The van der Waals surface area contributed by atoms with Crippen LogP contribution in [-0.2, 0) is 6.18 Å². The largest absolute Gasteiger partial charge is 0.434 e. The second-order valence-electron chi connectivity index (χ2n) is 7.44. The molecule has 2 aromatic rings. The Kier molecular flexibility index (Phi) is 6.30. The Morgan fingerprint density at radius 1 is 1.40 bits per heavy atom. The number of anilines is 1. The predicted octanol–water partition coefficient (Wildman–Crippen LogP) is 4.59. The minimum absolute atomic E-state index is 0.112. The molecule has 1 aromatic heterocycles. The van der Waals surface area contributed by atoms with Gasteiger partial charge in [0.2, 0.25) is 0 Å². The highest BCUT2D eigenvalue weighted by molar-refractivity contribution is 7.09. The number of hydrogen-bond acceptors (Lipinski definition) is 6. The zero-order chi connectivity index (χ0) is 22.1. The fraction of sp³-hybridized carbons (Fsp3) is 0.474. The Labute approximate surface area is 175 Å². The van der Waals surface area contributed by atoms with Crippen molar-refractivity contribution in [3.05, 3.63) is 50.0 Å². The number of alkyl halides is 3. The van der Waals surface area contributed by atoms with Crippen molar-refractivity contribution >= 4 is 28.6 Å². The van der Waals surface area contributed by atoms with E-state index in [2.05, 4.69) is 10.3 Å². The highest BCUT2D eigenvalue weighted by Gasteiger charge is 2.35. The molecule has 2 heterocycles. The third-order valence-corrected chi connectivity index (χ3v) is 5.78. The number of halogens is 3. The number of thiazole rings is 1. The monoisotopic (exact) mass is 442 g/mol. The first kappa shape index (κ1) is 22.0. The average Bonchev–Trinajstić information content (AvgIpc) is 3.18. The number of nitrogens with zero attached hydrogens (tertiary/aromatic N) is 3. The summed E-state index contributed by atoms with van der Waals surface area (Å²) in [5.41, 5.74) is -0.589. The van der Waals surface area contributed by atoms with Crippen LogP contribution in [0.3, 0.4) is 0 Å². The van der Waals surface area contributed by atoms with E-state index in [1.54, 1.807) is 18.7 Å². The van der Waals surface area contributed by atoms with E-state index in [9.17, 15) is 28.1 Å². The minimum atomic E-state index is -4.49. The zero-order valence-electron chi connectivity index (χ0n) is 16.4. The van der Waals surface area contributed by atoms with Crippen LogP contribution in [0.15, 0.2) is 23.6 Å². The number of rotatable bonds is 5. The fourth-order valence-electron chi connectivity index (χ4n) is 3.43. The van der Waals surface area contributed by atoms with E-state index in [-0.39, 0.29) is 23.2 Å². The maximum Gasteiger partial charge on any atom is 0.434 e. The smallest absolute Gasteiger partial charge is 0.365 e. The number of piperidine rings is 1. The molecule has 1 N–H and O–H groups in total. The SMILES string of the molecule is CC(C)NC(=O)c1ccc(N2CCCC(c3nc(C(F)(F)F)cs3)C2)c([N+](=O)[O-])c1. The summed E-state index contributed by atoms with van der Waals surface area (Å²) in [5.74, 6) is -0.651. The van der Waals surface area contributed by atoms with E-state index in [0.29, 0.717) is 36.6 Å². The lowest BCUT2D eigenvalue weighted by Crippen LogP contribution is -2.35. The van der Waals surface area contributed by atoms with Crippen LogP contribution < -0.4 is 10.2 Å². The van der Waals surface area contributed by atoms with Gasteiger partial charge in [0.1, 0.15) is 5.69 Å². The summed E-state index contributed by atoms with van der Waals surface area (Å²) in [6.45, 7) is 4.43. The molecule has 0 saturated carbocycles. The third kappa shape index (κ3) is 4.89. The Bertz CT molecular complexity index is 945. The van der Waals surface area contributed by atoms with Gasteiger partial charge in [-0.05, 0) is 38.8 Å². The van der Waals surface area contributed by atoms with E-state index in [4.69, 9.17) is 0 Å². The number of carbonyl (C=O) groups is 1. The quantitative estimate of drug-likeness (QED) is 0.540. The van der Waals surface area contributed by atoms with Crippen LogP contribution >= 0.6 is 11.3 Å². The molecule has 162 valence electrons. The summed E-state index contributed by atoms with van der Waals surface area (Å²) >= 11 is 0.958. The van der Waals surface area contributed by atoms with Crippen molar-refractivity contribution in [2.24, 2.45) is 0 Å². The molecule has 1 fully saturated rings. The van der Waals surface area contributed by atoms with Gasteiger partial charge in [-0.1, -0.05) is 0 Å². The van der Waals surface area contributed by atoms with Gasteiger partial charge < -0.3 is 10.2 Å². The summed E-state index contributed by atoms with van der Waals surface area (Å²) in [4.78, 5) is 28.8. The molecule has 30 heavy (non-hydrogen) atoms. The number of nitro benzene ring substituents is 1. The minimum Gasteiger partial charge on any atom is -0.365 e. The number of amides is 1. The number of benzene rings is 1. The van der Waals surface area contributed by atoms with E-state index in [0.717, 1.165) is 16.7 Å². The highest BCUT2D eigenvalue weighted by Crippen LogP contribution is 2.38. The molecule has 0 radical (unpaired) electrons. The molecule has 1 amide bonds. The van der Waals surface area contributed by atoms with Gasteiger partial charge in [0.25, 0.3) is 11.6 Å². The topological polar surface area (TPSA) is 88.4 Å². The second-order valence-corrected chi connectivity index (χ2v) is 8.33. The Hall–Kier alpha value is -2.69. The first-order chi connectivity index (χ1) is 14.1. The standard InChI is InChI=1S/C19H21F3N4O3S/c1-11(2)23-17(27)12-5-6-14(15(8-12)26(28)29)25-7-3-4-13(9-25)18-24-16(10-30-18)19(20,21)22/h5-6,8,10-11,13H,3-4,7,9H2,1-2H3,(H,23,27). The van der Waals surface area contributed by atoms with Gasteiger partial charge in [-0.25, -0.2) is 4.98 Å². The average molecular weight is 442 g/mol. The van der Waals surface area contributed by atoms with Crippen molar-refractivity contribution < 1.29 is 22.9 Å².